The quantitative estimate of drug-likeness (QED) is 0.374. The van der Waals surface area contributed by atoms with Gasteiger partial charge in [-0.3, -0.25) is 9.82 Å². The first-order chi connectivity index (χ1) is 15.6. The number of rotatable bonds is 7. The molecule has 1 aromatic carbocycles. The largest absolute Gasteiger partial charge is 0.468 e. The van der Waals surface area contributed by atoms with Crippen molar-refractivity contribution in [2.75, 3.05) is 4.72 Å². The first kappa shape index (κ1) is 22.9. The standard InChI is InChI=1S/C18H12ClF3N6O3S2/c19-13-7-11(18(20,21)22)8-24-16(13)31-9-14-25-15(27-26-14)10-1-3-12(4-2-10)33(29,30)28-17-23-5-6-32-17/h1-8H,9H2,(H,23,28)(H,25,26,27). The van der Waals surface area contributed by atoms with Crippen molar-refractivity contribution in [2.24, 2.45) is 0 Å². The number of benzene rings is 1. The fourth-order valence-electron chi connectivity index (χ4n) is 2.54. The lowest BCUT2D eigenvalue weighted by Crippen LogP contribution is -2.12. The molecule has 0 aliphatic heterocycles. The van der Waals surface area contributed by atoms with Crippen molar-refractivity contribution in [2.45, 2.75) is 17.7 Å². The highest BCUT2D eigenvalue weighted by molar-refractivity contribution is 7.93. The molecular weight excluding hydrogens is 505 g/mol. The number of ether oxygens (including phenoxy) is 1. The summed E-state index contributed by atoms with van der Waals surface area (Å²) in [6.45, 7) is -0.185. The molecule has 0 aliphatic carbocycles. The summed E-state index contributed by atoms with van der Waals surface area (Å²) in [6, 6.07) is 6.55. The predicted molar refractivity (Wildman–Crippen MR) is 113 cm³/mol. The van der Waals surface area contributed by atoms with Crippen LogP contribution in [0, 0.1) is 0 Å². The maximum atomic E-state index is 12.7. The Morgan fingerprint density at radius 1 is 1.18 bits per heavy atom. The van der Waals surface area contributed by atoms with E-state index in [0.717, 1.165) is 11.3 Å². The summed E-state index contributed by atoms with van der Waals surface area (Å²) in [6.07, 6.45) is -2.47. The van der Waals surface area contributed by atoms with Crippen LogP contribution in [-0.4, -0.2) is 33.6 Å². The lowest BCUT2D eigenvalue weighted by molar-refractivity contribution is -0.137. The lowest BCUT2D eigenvalue weighted by atomic mass is 10.2. The molecule has 0 radical (unpaired) electrons. The third-order valence-corrected chi connectivity index (χ3v) is 6.53. The smallest absolute Gasteiger partial charge is 0.417 e. The monoisotopic (exact) mass is 516 g/mol. The summed E-state index contributed by atoms with van der Waals surface area (Å²) in [5.74, 6) is 0.326. The summed E-state index contributed by atoms with van der Waals surface area (Å²) in [5, 5.41) is 8.26. The molecule has 0 atom stereocenters. The molecule has 0 unspecified atom stereocenters. The molecule has 4 rings (SSSR count). The maximum absolute atomic E-state index is 12.7. The summed E-state index contributed by atoms with van der Waals surface area (Å²) in [7, 11) is -3.79. The molecule has 33 heavy (non-hydrogen) atoms. The summed E-state index contributed by atoms with van der Waals surface area (Å²) >= 11 is 6.96. The second kappa shape index (κ2) is 8.96. The maximum Gasteiger partial charge on any atom is 0.417 e. The molecule has 2 N–H and O–H groups in total. The number of sulfonamides is 1. The van der Waals surface area contributed by atoms with Gasteiger partial charge in [0, 0.05) is 23.3 Å². The Morgan fingerprint density at radius 3 is 2.58 bits per heavy atom. The van der Waals surface area contributed by atoms with Crippen molar-refractivity contribution < 1.29 is 26.3 Å². The fourth-order valence-corrected chi connectivity index (χ4v) is 4.55. The number of aromatic nitrogens is 5. The van der Waals surface area contributed by atoms with E-state index in [4.69, 9.17) is 16.3 Å². The van der Waals surface area contributed by atoms with Gasteiger partial charge in [-0.05, 0) is 30.3 Å². The highest BCUT2D eigenvalue weighted by atomic mass is 35.5. The number of anilines is 1. The first-order valence-electron chi connectivity index (χ1n) is 8.91. The van der Waals surface area contributed by atoms with Gasteiger partial charge in [-0.15, -0.1) is 11.3 Å². The van der Waals surface area contributed by atoms with E-state index in [1.54, 1.807) is 5.38 Å². The van der Waals surface area contributed by atoms with E-state index in [-0.39, 0.29) is 39.2 Å². The number of thiazole rings is 1. The topological polar surface area (TPSA) is 123 Å². The predicted octanol–water partition coefficient (Wildman–Crippen LogP) is 4.38. The molecule has 0 bridgehead atoms. The number of alkyl halides is 3. The molecule has 15 heteroatoms. The third kappa shape index (κ3) is 5.40. The van der Waals surface area contributed by atoms with Crippen LogP contribution in [0.5, 0.6) is 5.88 Å². The van der Waals surface area contributed by atoms with Crippen LogP contribution in [0.25, 0.3) is 11.4 Å². The molecule has 0 spiro atoms. The van der Waals surface area contributed by atoms with Crippen LogP contribution in [0.2, 0.25) is 5.02 Å². The van der Waals surface area contributed by atoms with Gasteiger partial charge in [0.05, 0.1) is 10.5 Å². The summed E-state index contributed by atoms with van der Waals surface area (Å²) < 4.78 is 70.5. The number of nitrogens with zero attached hydrogens (tertiary/aromatic N) is 4. The number of hydrogen-bond acceptors (Lipinski definition) is 8. The first-order valence-corrected chi connectivity index (χ1v) is 11.7. The SMILES string of the molecule is O=S(=O)(Nc1nccs1)c1ccc(-c2n[nH]c(COc3ncc(C(F)(F)F)cc3Cl)n2)cc1. The molecule has 3 heterocycles. The van der Waals surface area contributed by atoms with E-state index in [1.165, 1.54) is 30.5 Å². The van der Waals surface area contributed by atoms with Gasteiger partial charge in [0.1, 0.15) is 11.6 Å². The average molecular weight is 517 g/mol. The highest BCUT2D eigenvalue weighted by Gasteiger charge is 2.31. The number of H-pyrrole nitrogens is 1. The van der Waals surface area contributed by atoms with Crippen LogP contribution in [0.4, 0.5) is 18.3 Å². The summed E-state index contributed by atoms with van der Waals surface area (Å²) in [4.78, 5) is 11.7. The van der Waals surface area contributed by atoms with Crippen molar-refractivity contribution in [1.82, 2.24) is 25.1 Å². The Labute approximate surface area is 193 Å². The molecule has 0 aliphatic rings. The second-order valence-corrected chi connectivity index (χ2v) is 9.35. The fraction of sp³-hybridized carbons (Fsp3) is 0.111. The third-order valence-electron chi connectivity index (χ3n) is 4.09. The van der Waals surface area contributed by atoms with Crippen LogP contribution in [-0.2, 0) is 22.8 Å². The van der Waals surface area contributed by atoms with E-state index >= 15 is 0 Å². The van der Waals surface area contributed by atoms with E-state index < -0.39 is 21.8 Å². The minimum absolute atomic E-state index is 0.0311. The van der Waals surface area contributed by atoms with Crippen LogP contribution in [0.3, 0.4) is 0 Å². The number of halogens is 4. The van der Waals surface area contributed by atoms with Crippen LogP contribution in [0.1, 0.15) is 11.4 Å². The van der Waals surface area contributed by atoms with E-state index in [9.17, 15) is 21.6 Å². The Morgan fingerprint density at radius 2 is 1.94 bits per heavy atom. The normalized spacial score (nSPS) is 12.0. The zero-order valence-corrected chi connectivity index (χ0v) is 18.6. The average Bonchev–Trinajstić information content (AvgIpc) is 3.44. The van der Waals surface area contributed by atoms with E-state index in [2.05, 4.69) is 29.9 Å². The molecule has 0 saturated carbocycles. The van der Waals surface area contributed by atoms with E-state index in [1.807, 2.05) is 0 Å². The molecule has 0 fully saturated rings. The van der Waals surface area contributed by atoms with Crippen molar-refractivity contribution in [3.8, 4) is 17.3 Å². The number of aromatic amines is 1. The zero-order chi connectivity index (χ0) is 23.6. The van der Waals surface area contributed by atoms with Gasteiger partial charge in [-0.25, -0.2) is 23.4 Å². The Balaban J connectivity index is 1.42. The molecule has 172 valence electrons. The molecule has 3 aromatic heterocycles. The molecule has 4 aromatic rings. The highest BCUT2D eigenvalue weighted by Crippen LogP contribution is 2.33. The van der Waals surface area contributed by atoms with E-state index in [0.29, 0.717) is 17.8 Å². The Hall–Kier alpha value is -3.23. The summed E-state index contributed by atoms with van der Waals surface area (Å²) in [5.41, 5.74) is -0.467. The van der Waals surface area contributed by atoms with Gasteiger partial charge >= 0.3 is 6.18 Å². The van der Waals surface area contributed by atoms with Crippen LogP contribution in [0.15, 0.2) is 53.0 Å². The van der Waals surface area contributed by atoms with Gasteiger partial charge in [-0.2, -0.15) is 18.3 Å². The molecule has 9 nitrogen and oxygen atoms in total. The second-order valence-electron chi connectivity index (χ2n) is 6.37. The molecule has 0 amide bonds. The van der Waals surface area contributed by atoms with Crippen LogP contribution < -0.4 is 9.46 Å². The Kier molecular flexibility index (Phi) is 6.23. The number of nitrogens with one attached hydrogen (secondary N) is 2. The number of pyridine rings is 1. The van der Waals surface area contributed by atoms with Crippen LogP contribution >= 0.6 is 22.9 Å². The minimum atomic E-state index is -4.57. The van der Waals surface area contributed by atoms with Crippen molar-refractivity contribution in [1.29, 1.82) is 0 Å². The van der Waals surface area contributed by atoms with Crippen molar-refractivity contribution >= 4 is 38.1 Å². The van der Waals surface area contributed by atoms with Crippen molar-refractivity contribution in [3.05, 3.63) is 64.5 Å². The zero-order valence-electron chi connectivity index (χ0n) is 16.2. The van der Waals surface area contributed by atoms with Gasteiger partial charge in [-0.1, -0.05) is 11.6 Å². The minimum Gasteiger partial charge on any atom is -0.468 e. The molecule has 0 saturated heterocycles. The number of hydrogen-bond donors (Lipinski definition) is 2. The van der Waals surface area contributed by atoms with Gasteiger partial charge in [0.15, 0.2) is 16.8 Å². The van der Waals surface area contributed by atoms with Gasteiger partial charge in [0.25, 0.3) is 10.0 Å². The van der Waals surface area contributed by atoms with Gasteiger partial charge in [0.2, 0.25) is 5.88 Å². The van der Waals surface area contributed by atoms with Gasteiger partial charge < -0.3 is 4.74 Å². The lowest BCUT2D eigenvalue weighted by Gasteiger charge is -2.09. The van der Waals surface area contributed by atoms with Crippen molar-refractivity contribution in [3.63, 3.8) is 0 Å². The molecular formula is C18H12ClF3N6O3S2. The Bertz CT molecular complexity index is 1360.